The van der Waals surface area contributed by atoms with E-state index >= 15 is 0 Å². The number of hydrogen-bond donors (Lipinski definition) is 0. The second-order valence-electron chi connectivity index (χ2n) is 7.02. The summed E-state index contributed by atoms with van der Waals surface area (Å²) in [5.74, 6) is 0.426. The number of piperidine rings is 1. The highest BCUT2D eigenvalue weighted by Crippen LogP contribution is 2.39. The summed E-state index contributed by atoms with van der Waals surface area (Å²) in [5.41, 5.74) is 6.07. The van der Waals surface area contributed by atoms with Crippen molar-refractivity contribution in [2.24, 2.45) is 5.92 Å². The van der Waals surface area contributed by atoms with Gasteiger partial charge in [-0.15, -0.1) is 0 Å². The Morgan fingerprint density at radius 3 is 2.77 bits per heavy atom. The number of amides is 1. The molecule has 1 fully saturated rings. The highest BCUT2D eigenvalue weighted by molar-refractivity contribution is 6.34. The molecule has 0 spiro atoms. The molecule has 1 aromatic carbocycles. The lowest BCUT2D eigenvalue weighted by Crippen LogP contribution is -2.38. The number of pyridine rings is 1. The number of fused-ring (bicyclic) bond motifs is 1. The van der Waals surface area contributed by atoms with E-state index in [2.05, 4.69) is 36.2 Å². The van der Waals surface area contributed by atoms with Crippen LogP contribution in [0.3, 0.4) is 0 Å². The second-order valence-corrected chi connectivity index (χ2v) is 7.82. The van der Waals surface area contributed by atoms with Crippen molar-refractivity contribution in [3.8, 4) is 0 Å². The summed E-state index contributed by atoms with van der Waals surface area (Å²) in [7, 11) is 0. The second kappa shape index (κ2) is 7.05. The van der Waals surface area contributed by atoms with Crippen molar-refractivity contribution < 1.29 is 4.79 Å². The van der Waals surface area contributed by atoms with E-state index in [0.717, 1.165) is 32.4 Å². The Balaban J connectivity index is 1.46. The molecule has 2 aromatic rings. The van der Waals surface area contributed by atoms with Crippen LogP contribution >= 0.6 is 23.2 Å². The molecule has 26 heavy (non-hydrogen) atoms. The molecule has 0 saturated carbocycles. The fraction of sp³-hybridized carbons (Fsp3) is 0.333. The number of nitrogens with zero attached hydrogens (tertiary/aromatic N) is 2. The Bertz CT molecular complexity index is 899. The van der Waals surface area contributed by atoms with Crippen LogP contribution in [0.15, 0.2) is 36.5 Å². The van der Waals surface area contributed by atoms with E-state index < -0.39 is 0 Å². The molecule has 134 valence electrons. The summed E-state index contributed by atoms with van der Waals surface area (Å²) in [4.78, 5) is 18.6. The number of halogens is 2. The van der Waals surface area contributed by atoms with Crippen LogP contribution in [0.25, 0.3) is 5.57 Å². The quantitative estimate of drug-likeness (QED) is 0.665. The van der Waals surface area contributed by atoms with Crippen molar-refractivity contribution in [2.75, 3.05) is 13.1 Å². The number of aromatic nitrogens is 1. The summed E-state index contributed by atoms with van der Waals surface area (Å²) in [6.07, 6.45) is 6.80. The largest absolute Gasteiger partial charge is 0.339 e. The number of likely N-dealkylation sites (tertiary alicyclic amines) is 1. The SMILES string of the molecule is Cc1cccc2c1CC=C2C1CCN(C(=O)c2cc(Cl)cnc2Cl)CC1. The van der Waals surface area contributed by atoms with E-state index in [1.165, 1.54) is 28.5 Å². The molecular formula is C21H20Cl2N2O. The Morgan fingerprint density at radius 1 is 1.23 bits per heavy atom. The highest BCUT2D eigenvalue weighted by atomic mass is 35.5. The molecule has 1 saturated heterocycles. The lowest BCUT2D eigenvalue weighted by Gasteiger charge is -2.33. The van der Waals surface area contributed by atoms with Crippen molar-refractivity contribution >= 4 is 34.7 Å². The molecular weight excluding hydrogens is 367 g/mol. The molecule has 0 N–H and O–H groups in total. The molecule has 1 aromatic heterocycles. The first kappa shape index (κ1) is 17.6. The predicted molar refractivity (Wildman–Crippen MR) is 106 cm³/mol. The molecule has 0 bridgehead atoms. The van der Waals surface area contributed by atoms with Crippen molar-refractivity contribution in [3.63, 3.8) is 0 Å². The Kier molecular flexibility index (Phi) is 4.76. The van der Waals surface area contributed by atoms with Gasteiger partial charge in [0.25, 0.3) is 5.91 Å². The van der Waals surface area contributed by atoms with Crippen LogP contribution < -0.4 is 0 Å². The number of carbonyl (C=O) groups excluding carboxylic acids is 1. The van der Waals surface area contributed by atoms with Gasteiger partial charge >= 0.3 is 0 Å². The summed E-state index contributed by atoms with van der Waals surface area (Å²) in [6.45, 7) is 3.63. The maximum atomic E-state index is 12.8. The van der Waals surface area contributed by atoms with Gasteiger partial charge in [-0.25, -0.2) is 4.98 Å². The minimum absolute atomic E-state index is 0.0832. The number of rotatable bonds is 2. The first-order chi connectivity index (χ1) is 12.5. The lowest BCUT2D eigenvalue weighted by molar-refractivity contribution is 0.0707. The molecule has 1 aliphatic carbocycles. The van der Waals surface area contributed by atoms with E-state index in [0.29, 0.717) is 16.5 Å². The van der Waals surface area contributed by atoms with Gasteiger partial charge in [0.15, 0.2) is 0 Å². The maximum Gasteiger partial charge on any atom is 0.257 e. The molecule has 0 radical (unpaired) electrons. The van der Waals surface area contributed by atoms with E-state index in [1.54, 1.807) is 6.07 Å². The number of allylic oxidation sites excluding steroid dienone is 2. The van der Waals surface area contributed by atoms with Gasteiger partial charge < -0.3 is 4.90 Å². The van der Waals surface area contributed by atoms with Crippen molar-refractivity contribution in [3.05, 3.63) is 69.0 Å². The molecule has 0 unspecified atom stereocenters. The fourth-order valence-corrected chi connectivity index (χ4v) is 4.43. The van der Waals surface area contributed by atoms with E-state index in [-0.39, 0.29) is 11.1 Å². The summed E-state index contributed by atoms with van der Waals surface area (Å²) in [5, 5.41) is 0.639. The van der Waals surface area contributed by atoms with Crippen LogP contribution in [0.2, 0.25) is 10.2 Å². The highest BCUT2D eigenvalue weighted by Gasteiger charge is 2.29. The molecule has 4 rings (SSSR count). The van der Waals surface area contributed by atoms with E-state index in [9.17, 15) is 4.79 Å². The molecule has 1 aliphatic heterocycles. The minimum Gasteiger partial charge on any atom is -0.339 e. The number of hydrogen-bond acceptors (Lipinski definition) is 2. The zero-order valence-corrected chi connectivity index (χ0v) is 16.1. The van der Waals surface area contributed by atoms with Crippen LogP contribution in [0, 0.1) is 12.8 Å². The van der Waals surface area contributed by atoms with Crippen LogP contribution in [0.5, 0.6) is 0 Å². The van der Waals surface area contributed by atoms with Gasteiger partial charge in [0.2, 0.25) is 0 Å². The third kappa shape index (κ3) is 3.15. The summed E-state index contributed by atoms with van der Waals surface area (Å²) in [6, 6.07) is 8.15. The van der Waals surface area contributed by atoms with Crippen molar-refractivity contribution in [2.45, 2.75) is 26.2 Å². The average molecular weight is 387 g/mol. The average Bonchev–Trinajstić information content (AvgIpc) is 3.09. The summed E-state index contributed by atoms with van der Waals surface area (Å²) < 4.78 is 0. The minimum atomic E-state index is -0.0832. The number of benzene rings is 1. The summed E-state index contributed by atoms with van der Waals surface area (Å²) >= 11 is 12.1. The molecule has 0 atom stereocenters. The monoisotopic (exact) mass is 386 g/mol. The third-order valence-corrected chi connectivity index (χ3v) is 6.01. The first-order valence-corrected chi connectivity index (χ1v) is 9.69. The first-order valence-electron chi connectivity index (χ1n) is 8.94. The van der Waals surface area contributed by atoms with Crippen molar-refractivity contribution in [1.29, 1.82) is 0 Å². The van der Waals surface area contributed by atoms with Gasteiger partial charge in [-0.3, -0.25) is 4.79 Å². The zero-order valence-electron chi connectivity index (χ0n) is 14.6. The Morgan fingerprint density at radius 2 is 2.00 bits per heavy atom. The molecule has 1 amide bonds. The lowest BCUT2D eigenvalue weighted by atomic mass is 9.85. The smallest absolute Gasteiger partial charge is 0.257 e. The number of aryl methyl sites for hydroxylation is 1. The van der Waals surface area contributed by atoms with Crippen LogP contribution in [0.1, 0.15) is 39.9 Å². The van der Waals surface area contributed by atoms with Crippen molar-refractivity contribution in [1.82, 2.24) is 9.88 Å². The zero-order chi connectivity index (χ0) is 18.3. The third-order valence-electron chi connectivity index (χ3n) is 5.51. The topological polar surface area (TPSA) is 33.2 Å². The van der Waals surface area contributed by atoms with Gasteiger partial charge in [0.1, 0.15) is 5.15 Å². The molecule has 3 nitrogen and oxygen atoms in total. The molecule has 2 heterocycles. The van der Waals surface area contributed by atoms with Crippen LogP contribution in [-0.4, -0.2) is 28.9 Å². The fourth-order valence-electron chi connectivity index (χ4n) is 4.09. The van der Waals surface area contributed by atoms with E-state index in [1.807, 2.05) is 4.90 Å². The van der Waals surface area contributed by atoms with Crippen LogP contribution in [0.4, 0.5) is 0 Å². The van der Waals surface area contributed by atoms with Gasteiger partial charge in [-0.2, -0.15) is 0 Å². The maximum absolute atomic E-state index is 12.8. The van der Waals surface area contributed by atoms with Crippen LogP contribution in [-0.2, 0) is 6.42 Å². The standard InChI is InChI=1S/C21H20Cl2N2O/c1-13-3-2-4-18-16(13)5-6-17(18)14-7-9-25(10-8-14)21(26)19-11-15(22)12-24-20(19)23/h2-4,6,11-12,14H,5,7-10H2,1H3. The van der Waals surface area contributed by atoms with Gasteiger partial charge in [-0.1, -0.05) is 47.5 Å². The number of carbonyl (C=O) groups is 1. The Hall–Kier alpha value is -1.84. The van der Waals surface area contributed by atoms with Gasteiger partial charge in [0.05, 0.1) is 10.6 Å². The predicted octanol–water partition coefficient (Wildman–Crippen LogP) is 5.19. The Labute approximate surface area is 163 Å². The normalized spacial score (nSPS) is 17.2. The van der Waals surface area contributed by atoms with E-state index in [4.69, 9.17) is 23.2 Å². The van der Waals surface area contributed by atoms with Gasteiger partial charge in [-0.05, 0) is 60.4 Å². The molecule has 5 heteroatoms. The van der Waals surface area contributed by atoms with Gasteiger partial charge in [0, 0.05) is 19.3 Å². The molecule has 2 aliphatic rings.